The number of ether oxygens (including phenoxy) is 10. The maximum absolute atomic E-state index is 12.7. The second kappa shape index (κ2) is 40.0. The van der Waals surface area contributed by atoms with Gasteiger partial charge in [-0.1, -0.05) is 24.3 Å². The Morgan fingerprint density at radius 2 is 0.677 bits per heavy atom. The Morgan fingerprint density at radius 3 is 1.02 bits per heavy atom. The topological polar surface area (TPSA) is 299 Å². The molecule has 0 heterocycles. The van der Waals surface area contributed by atoms with E-state index in [0.29, 0.717) is 102 Å². The lowest BCUT2D eigenvalue weighted by Gasteiger charge is -2.12. The molecule has 516 valence electrons. The van der Waals surface area contributed by atoms with Crippen LogP contribution in [0, 0.1) is 0 Å². The van der Waals surface area contributed by atoms with Crippen LogP contribution in [0.4, 0.5) is 49.1 Å². The molecule has 6 rings (SSSR count). The number of benzene rings is 6. The highest BCUT2D eigenvalue weighted by molar-refractivity contribution is 5.94. The Bertz CT molecular complexity index is 3500. The molecule has 0 aliphatic heterocycles. The summed E-state index contributed by atoms with van der Waals surface area (Å²) in [6.07, 6.45) is 1.34. The molecule has 0 aromatic heterocycles. The van der Waals surface area contributed by atoms with Crippen molar-refractivity contribution in [3.8, 4) is 34.5 Å². The van der Waals surface area contributed by atoms with E-state index in [9.17, 15) is 55.1 Å². The van der Waals surface area contributed by atoms with Crippen molar-refractivity contribution in [1.82, 2.24) is 0 Å². The fourth-order valence-electron chi connectivity index (χ4n) is 8.64. The van der Waals surface area contributed by atoms with Gasteiger partial charge in [-0.2, -0.15) is 26.3 Å². The van der Waals surface area contributed by atoms with E-state index in [1.807, 2.05) is 0 Å². The van der Waals surface area contributed by atoms with Gasteiger partial charge >= 0.3 is 48.2 Å². The Balaban J connectivity index is 0.000000348. The zero-order valence-corrected chi connectivity index (χ0v) is 53.1. The van der Waals surface area contributed by atoms with Gasteiger partial charge in [0.2, 0.25) is 0 Å². The molecule has 6 aromatic carbocycles. The van der Waals surface area contributed by atoms with Crippen molar-refractivity contribution in [3.63, 3.8) is 0 Å². The molecule has 0 aliphatic rings. The third-order valence-electron chi connectivity index (χ3n) is 13.5. The van der Waals surface area contributed by atoms with Gasteiger partial charge in [0, 0.05) is 47.7 Å². The minimum absolute atomic E-state index is 0.0337. The smallest absolute Gasteiger partial charge is 0.389 e. The lowest BCUT2D eigenvalue weighted by molar-refractivity contribution is -0.138. The van der Waals surface area contributed by atoms with Crippen molar-refractivity contribution in [2.75, 3.05) is 76.8 Å². The molecule has 0 atom stereocenters. The average molecular weight is 1350 g/mol. The van der Waals surface area contributed by atoms with E-state index in [2.05, 4.69) is 0 Å². The minimum Gasteiger partial charge on any atom is -0.493 e. The minimum atomic E-state index is -4.16. The molecule has 0 unspecified atom stereocenters. The number of hydrogen-bond donors (Lipinski definition) is 4. The summed E-state index contributed by atoms with van der Waals surface area (Å²) in [5, 5.41) is 0. The first-order valence-electron chi connectivity index (χ1n) is 30.6. The van der Waals surface area contributed by atoms with E-state index in [1.54, 1.807) is 72.8 Å². The van der Waals surface area contributed by atoms with E-state index in [-0.39, 0.29) is 92.2 Å². The van der Waals surface area contributed by atoms with Gasteiger partial charge in [0.1, 0.15) is 11.5 Å². The van der Waals surface area contributed by atoms with Crippen LogP contribution < -0.4 is 51.4 Å². The maximum atomic E-state index is 12.7. The van der Waals surface area contributed by atoms with Crippen LogP contribution in [0.3, 0.4) is 0 Å². The van der Waals surface area contributed by atoms with Crippen LogP contribution in [0.2, 0.25) is 0 Å². The number of anilines is 4. The summed E-state index contributed by atoms with van der Waals surface area (Å²) in [7, 11) is 2.82. The summed E-state index contributed by atoms with van der Waals surface area (Å²) >= 11 is 0. The van der Waals surface area contributed by atoms with Crippen molar-refractivity contribution in [1.29, 1.82) is 0 Å². The second-order valence-electron chi connectivity index (χ2n) is 21.4. The summed E-state index contributed by atoms with van der Waals surface area (Å²) in [4.78, 5) is 73.6. The number of unbranched alkanes of at least 4 members (excludes halogenated alkanes) is 8. The van der Waals surface area contributed by atoms with Gasteiger partial charge in [0.25, 0.3) is 0 Å². The highest BCUT2D eigenvalue weighted by Gasteiger charge is 2.27. The molecule has 26 heteroatoms. The molecular formula is C70H78F6N4O16. The van der Waals surface area contributed by atoms with Crippen molar-refractivity contribution in [2.45, 2.75) is 102 Å². The van der Waals surface area contributed by atoms with E-state index >= 15 is 0 Å². The second-order valence-corrected chi connectivity index (χ2v) is 21.4. The standard InChI is InChI=1S/C36H41F3N2O8.C34H37F3N2O8/c1-45-32-23-26(12-15-31(32)46-18-8-4-5-17-36(37,38)39)35(44)49-30-13-9-25(10-14-30)11-16-33(42)47-19-6-2-3-7-20-48-34(43)27-21-28(40)24-29(41)22-27;1-43-30-21-24(10-13-29(30)44-16-4-2-3-15-34(35,36)37)33(42)47-28-11-7-23(8-12-28)9-14-31(40)45-17-5-6-18-46-32(41)25-19-26(38)22-27(39)20-25/h9-16,21-24H,2-8,17-20,40-41H2,1H3;7-14,19-22H,2-6,15-18,38-39H2,1H3. The third-order valence-corrected chi connectivity index (χ3v) is 13.5. The van der Waals surface area contributed by atoms with Crippen LogP contribution in [0.5, 0.6) is 34.5 Å². The Hall–Kier alpha value is -10.4. The highest BCUT2D eigenvalue weighted by atomic mass is 19.4. The summed E-state index contributed by atoms with van der Waals surface area (Å²) < 4.78 is 127. The number of rotatable bonds is 36. The van der Waals surface area contributed by atoms with Gasteiger partial charge in [0.05, 0.1) is 76.1 Å². The Morgan fingerprint density at radius 1 is 0.354 bits per heavy atom. The summed E-state index contributed by atoms with van der Waals surface area (Å²) in [6.45, 7) is 1.22. The highest BCUT2D eigenvalue weighted by Crippen LogP contribution is 2.32. The zero-order valence-electron chi connectivity index (χ0n) is 53.1. The van der Waals surface area contributed by atoms with Crippen LogP contribution in [0.15, 0.2) is 133 Å². The van der Waals surface area contributed by atoms with E-state index in [1.165, 1.54) is 87.0 Å². The molecule has 20 nitrogen and oxygen atoms in total. The molecule has 0 spiro atoms. The fourth-order valence-corrected chi connectivity index (χ4v) is 8.64. The van der Waals surface area contributed by atoms with Gasteiger partial charge < -0.3 is 70.3 Å². The first-order valence-corrected chi connectivity index (χ1v) is 30.6. The van der Waals surface area contributed by atoms with Crippen molar-refractivity contribution in [3.05, 3.63) is 167 Å². The van der Waals surface area contributed by atoms with Gasteiger partial charge in [-0.3, -0.25) is 0 Å². The average Bonchev–Trinajstić information content (AvgIpc) is 0.900. The van der Waals surface area contributed by atoms with Crippen LogP contribution in [0.1, 0.15) is 142 Å². The van der Waals surface area contributed by atoms with Crippen LogP contribution >= 0.6 is 0 Å². The molecule has 0 fully saturated rings. The monoisotopic (exact) mass is 1340 g/mol. The largest absolute Gasteiger partial charge is 0.493 e. The maximum Gasteiger partial charge on any atom is 0.389 e. The van der Waals surface area contributed by atoms with Crippen LogP contribution in [-0.4, -0.2) is 102 Å². The molecule has 0 bridgehead atoms. The molecule has 0 amide bonds. The summed E-state index contributed by atoms with van der Waals surface area (Å²) in [6, 6.07) is 31.0. The molecule has 0 aliphatic carbocycles. The van der Waals surface area contributed by atoms with E-state index < -0.39 is 61.0 Å². The molecule has 96 heavy (non-hydrogen) atoms. The van der Waals surface area contributed by atoms with Crippen molar-refractivity contribution >= 4 is 70.7 Å². The van der Waals surface area contributed by atoms with Crippen molar-refractivity contribution in [2.24, 2.45) is 0 Å². The first kappa shape index (κ1) is 76.3. The Labute approximate surface area is 551 Å². The lowest BCUT2D eigenvalue weighted by atomic mass is 10.2. The SMILES string of the molecule is COc1cc(C(=O)Oc2ccc(C=CC(=O)OCCCCCCOC(=O)c3cc(N)cc(N)c3)cc2)ccc1OCCCCCC(F)(F)F.COc1cc(C(=O)Oc2ccc(C=CC(=O)OCCCCOC(=O)c3cc(N)cc(N)c3)cc2)ccc1OCCCCCC(F)(F)F. The number of carbonyl (C=O) groups is 6. The molecular weight excluding hydrogens is 1270 g/mol. The number of esters is 6. The number of nitrogen functional groups attached to an aromatic ring is 4. The number of alkyl halides is 6. The molecule has 6 aromatic rings. The fraction of sp³-hybridized carbons (Fsp3) is 0.343. The summed E-state index contributed by atoms with van der Waals surface area (Å²) in [5.74, 6) is -1.48. The van der Waals surface area contributed by atoms with Crippen molar-refractivity contribution < 1.29 is 102 Å². The normalized spacial score (nSPS) is 11.2. The van der Waals surface area contributed by atoms with Gasteiger partial charge in [-0.15, -0.1) is 0 Å². The van der Waals surface area contributed by atoms with Crippen LogP contribution in [0.25, 0.3) is 12.2 Å². The molecule has 0 saturated carbocycles. The lowest BCUT2D eigenvalue weighted by Crippen LogP contribution is -2.09. The molecule has 8 N–H and O–H groups in total. The van der Waals surface area contributed by atoms with Gasteiger partial charge in [-0.05, 0) is 197 Å². The number of carbonyl (C=O) groups excluding carboxylic acids is 6. The number of halogens is 6. The van der Waals surface area contributed by atoms with Gasteiger partial charge in [-0.25, -0.2) is 28.8 Å². The van der Waals surface area contributed by atoms with E-state index in [4.69, 9.17) is 70.3 Å². The number of nitrogens with two attached hydrogens (primary N) is 4. The third kappa shape index (κ3) is 30.1. The van der Waals surface area contributed by atoms with E-state index in [0.717, 1.165) is 12.8 Å². The first-order chi connectivity index (χ1) is 45.9. The number of methoxy groups -OCH3 is 2. The quantitative estimate of drug-likeness (QED) is 0.00540. The zero-order chi connectivity index (χ0) is 69.9. The summed E-state index contributed by atoms with van der Waals surface area (Å²) in [5.41, 5.74) is 26.6. The van der Waals surface area contributed by atoms with Crippen LogP contribution in [-0.2, 0) is 28.5 Å². The number of hydrogen-bond acceptors (Lipinski definition) is 20. The predicted octanol–water partition coefficient (Wildman–Crippen LogP) is 14.3. The Kier molecular flexibility index (Phi) is 31.8. The predicted molar refractivity (Wildman–Crippen MR) is 348 cm³/mol. The molecule has 0 radical (unpaired) electrons. The van der Waals surface area contributed by atoms with Gasteiger partial charge in [0.15, 0.2) is 23.0 Å². The molecule has 0 saturated heterocycles.